The standard InChI is InChI=1S/C20H18ClFN4O/c1-13-10-16(21)6-7-18(13)26-19(27)15-11-24-20(25-12-15)23-9-8-14-4-2-3-5-17(14)22/h2-7,10-12H,8-9H2,1H3,(H,26,27)(H,23,24,25). The molecule has 7 heteroatoms. The van der Waals surface area contributed by atoms with Crippen LogP contribution in [0.3, 0.4) is 0 Å². The van der Waals surface area contributed by atoms with Gasteiger partial charge in [0.2, 0.25) is 5.95 Å². The number of anilines is 2. The Morgan fingerprint density at radius 3 is 2.59 bits per heavy atom. The second-order valence-electron chi connectivity index (χ2n) is 5.98. The van der Waals surface area contributed by atoms with Gasteiger partial charge in [-0.15, -0.1) is 0 Å². The Hall–Kier alpha value is -2.99. The minimum absolute atomic E-state index is 0.232. The van der Waals surface area contributed by atoms with Gasteiger partial charge in [-0.3, -0.25) is 4.79 Å². The normalized spacial score (nSPS) is 10.5. The summed E-state index contributed by atoms with van der Waals surface area (Å²) in [6, 6.07) is 11.9. The van der Waals surface area contributed by atoms with Gasteiger partial charge in [0, 0.05) is 29.6 Å². The number of amides is 1. The van der Waals surface area contributed by atoms with Crippen molar-refractivity contribution in [3.63, 3.8) is 0 Å². The fraction of sp³-hybridized carbons (Fsp3) is 0.150. The first-order chi connectivity index (χ1) is 13.0. The van der Waals surface area contributed by atoms with Gasteiger partial charge < -0.3 is 10.6 Å². The second-order valence-corrected chi connectivity index (χ2v) is 6.41. The summed E-state index contributed by atoms with van der Waals surface area (Å²) in [6.07, 6.45) is 3.39. The lowest BCUT2D eigenvalue weighted by molar-refractivity contribution is 0.102. The van der Waals surface area contributed by atoms with Crippen molar-refractivity contribution in [2.45, 2.75) is 13.3 Å². The lowest BCUT2D eigenvalue weighted by Gasteiger charge is -2.09. The molecule has 0 fully saturated rings. The zero-order valence-corrected chi connectivity index (χ0v) is 15.4. The minimum Gasteiger partial charge on any atom is -0.354 e. The molecule has 3 rings (SSSR count). The highest BCUT2D eigenvalue weighted by Gasteiger charge is 2.09. The van der Waals surface area contributed by atoms with E-state index in [2.05, 4.69) is 20.6 Å². The molecule has 138 valence electrons. The van der Waals surface area contributed by atoms with E-state index in [1.807, 2.05) is 6.92 Å². The van der Waals surface area contributed by atoms with E-state index in [1.54, 1.807) is 36.4 Å². The van der Waals surface area contributed by atoms with Crippen LogP contribution in [0.25, 0.3) is 0 Å². The van der Waals surface area contributed by atoms with E-state index in [0.717, 1.165) is 5.56 Å². The van der Waals surface area contributed by atoms with Crippen LogP contribution in [-0.4, -0.2) is 22.4 Å². The van der Waals surface area contributed by atoms with E-state index < -0.39 is 0 Å². The molecule has 0 aliphatic rings. The van der Waals surface area contributed by atoms with Crippen LogP contribution >= 0.6 is 11.6 Å². The fourth-order valence-corrected chi connectivity index (χ4v) is 2.74. The first-order valence-corrected chi connectivity index (χ1v) is 8.77. The maximum Gasteiger partial charge on any atom is 0.258 e. The molecule has 0 bridgehead atoms. The Bertz CT molecular complexity index is 947. The molecular weight excluding hydrogens is 367 g/mol. The van der Waals surface area contributed by atoms with Gasteiger partial charge in [0.1, 0.15) is 5.82 Å². The van der Waals surface area contributed by atoms with Crippen LogP contribution in [0.2, 0.25) is 5.02 Å². The number of nitrogens with one attached hydrogen (secondary N) is 2. The van der Waals surface area contributed by atoms with E-state index in [1.165, 1.54) is 18.5 Å². The van der Waals surface area contributed by atoms with Crippen molar-refractivity contribution in [3.05, 3.63) is 82.4 Å². The number of carbonyl (C=O) groups excluding carboxylic acids is 1. The number of hydrogen-bond acceptors (Lipinski definition) is 4. The number of nitrogens with zero attached hydrogens (tertiary/aromatic N) is 2. The molecule has 2 aromatic carbocycles. The van der Waals surface area contributed by atoms with Gasteiger partial charge in [0.25, 0.3) is 5.91 Å². The molecule has 0 aliphatic carbocycles. The molecule has 0 saturated carbocycles. The number of hydrogen-bond donors (Lipinski definition) is 2. The molecule has 0 unspecified atom stereocenters. The molecule has 1 aromatic heterocycles. The number of halogens is 2. The summed E-state index contributed by atoms with van der Waals surface area (Å²) in [6.45, 7) is 2.34. The van der Waals surface area contributed by atoms with E-state index >= 15 is 0 Å². The third-order valence-corrected chi connectivity index (χ3v) is 4.22. The summed E-state index contributed by atoms with van der Waals surface area (Å²) in [5.41, 5.74) is 2.50. The van der Waals surface area contributed by atoms with Crippen molar-refractivity contribution in [2.24, 2.45) is 0 Å². The summed E-state index contributed by atoms with van der Waals surface area (Å²) in [5.74, 6) is -0.159. The molecular formula is C20H18ClFN4O. The van der Waals surface area contributed by atoms with Crippen LogP contribution in [0, 0.1) is 12.7 Å². The van der Waals surface area contributed by atoms with Gasteiger partial charge in [-0.25, -0.2) is 14.4 Å². The first-order valence-electron chi connectivity index (χ1n) is 8.40. The largest absolute Gasteiger partial charge is 0.354 e. The van der Waals surface area contributed by atoms with Crippen LogP contribution in [0.15, 0.2) is 54.9 Å². The molecule has 5 nitrogen and oxygen atoms in total. The Morgan fingerprint density at radius 2 is 1.89 bits per heavy atom. The van der Waals surface area contributed by atoms with Crippen LogP contribution in [0.1, 0.15) is 21.5 Å². The number of aromatic nitrogens is 2. The Kier molecular flexibility index (Phi) is 5.98. The van der Waals surface area contributed by atoms with Crippen molar-refractivity contribution in [3.8, 4) is 0 Å². The molecule has 2 N–H and O–H groups in total. The number of benzene rings is 2. The average Bonchev–Trinajstić information content (AvgIpc) is 2.66. The van der Waals surface area contributed by atoms with E-state index in [-0.39, 0.29) is 11.7 Å². The van der Waals surface area contributed by atoms with E-state index in [0.29, 0.717) is 40.8 Å². The van der Waals surface area contributed by atoms with Crippen LogP contribution in [0.5, 0.6) is 0 Å². The molecule has 0 atom stereocenters. The highest BCUT2D eigenvalue weighted by atomic mass is 35.5. The van der Waals surface area contributed by atoms with Crippen molar-refractivity contribution in [1.29, 1.82) is 0 Å². The predicted octanol–water partition coefficient (Wildman–Crippen LogP) is 4.48. The van der Waals surface area contributed by atoms with Crippen LogP contribution < -0.4 is 10.6 Å². The maximum atomic E-state index is 13.6. The quantitative estimate of drug-likeness (QED) is 0.657. The van der Waals surface area contributed by atoms with E-state index in [4.69, 9.17) is 11.6 Å². The third kappa shape index (κ3) is 5.01. The molecule has 0 saturated heterocycles. The second kappa shape index (κ2) is 8.60. The average molecular weight is 385 g/mol. The van der Waals surface area contributed by atoms with Crippen molar-refractivity contribution < 1.29 is 9.18 Å². The topological polar surface area (TPSA) is 66.9 Å². The summed E-state index contributed by atoms with van der Waals surface area (Å²) < 4.78 is 13.6. The monoisotopic (exact) mass is 384 g/mol. The molecule has 1 heterocycles. The summed E-state index contributed by atoms with van der Waals surface area (Å²) in [5, 5.41) is 6.43. The maximum absolute atomic E-state index is 13.6. The predicted molar refractivity (Wildman–Crippen MR) is 105 cm³/mol. The third-order valence-electron chi connectivity index (χ3n) is 3.99. The highest BCUT2D eigenvalue weighted by molar-refractivity contribution is 6.30. The van der Waals surface area contributed by atoms with Gasteiger partial charge >= 0.3 is 0 Å². The molecule has 0 radical (unpaired) electrons. The summed E-state index contributed by atoms with van der Waals surface area (Å²) in [4.78, 5) is 20.6. The molecule has 0 spiro atoms. The highest BCUT2D eigenvalue weighted by Crippen LogP contribution is 2.20. The van der Waals surface area contributed by atoms with Gasteiger partial charge in [0.15, 0.2) is 0 Å². The summed E-state index contributed by atoms with van der Waals surface area (Å²) in [7, 11) is 0. The lowest BCUT2D eigenvalue weighted by Crippen LogP contribution is -2.14. The van der Waals surface area contributed by atoms with E-state index in [9.17, 15) is 9.18 Å². The lowest BCUT2D eigenvalue weighted by atomic mass is 10.1. The van der Waals surface area contributed by atoms with Crippen LogP contribution in [0.4, 0.5) is 16.0 Å². The zero-order valence-electron chi connectivity index (χ0n) is 14.7. The van der Waals surface area contributed by atoms with Crippen molar-refractivity contribution in [1.82, 2.24) is 9.97 Å². The number of aryl methyl sites for hydroxylation is 1. The summed E-state index contributed by atoms with van der Waals surface area (Å²) >= 11 is 5.92. The van der Waals surface area contributed by atoms with Gasteiger partial charge in [-0.1, -0.05) is 29.8 Å². The van der Waals surface area contributed by atoms with Crippen LogP contribution in [-0.2, 0) is 6.42 Å². The number of rotatable bonds is 6. The Balaban J connectivity index is 1.56. The van der Waals surface area contributed by atoms with Crippen molar-refractivity contribution in [2.75, 3.05) is 17.2 Å². The molecule has 1 amide bonds. The SMILES string of the molecule is Cc1cc(Cl)ccc1NC(=O)c1cnc(NCCc2ccccc2F)nc1. The molecule has 27 heavy (non-hydrogen) atoms. The van der Waals surface area contributed by atoms with Gasteiger partial charge in [-0.05, 0) is 48.7 Å². The smallest absolute Gasteiger partial charge is 0.258 e. The van der Waals surface area contributed by atoms with Gasteiger partial charge in [-0.2, -0.15) is 0 Å². The zero-order chi connectivity index (χ0) is 19.2. The Labute approximate surface area is 161 Å². The minimum atomic E-state index is -0.307. The fourth-order valence-electron chi connectivity index (χ4n) is 2.51. The molecule has 0 aliphatic heterocycles. The Morgan fingerprint density at radius 1 is 1.15 bits per heavy atom. The first kappa shape index (κ1) is 18.8. The van der Waals surface area contributed by atoms with Gasteiger partial charge in [0.05, 0.1) is 5.56 Å². The van der Waals surface area contributed by atoms with Crippen molar-refractivity contribution >= 4 is 29.1 Å². The number of carbonyl (C=O) groups is 1. The molecule has 3 aromatic rings.